The fourth-order valence-electron chi connectivity index (χ4n) is 2.51. The summed E-state index contributed by atoms with van der Waals surface area (Å²) in [5.41, 5.74) is 2.66. The predicted octanol–water partition coefficient (Wildman–Crippen LogP) is 4.40. The molecule has 8 heteroatoms. The van der Waals surface area contributed by atoms with E-state index in [9.17, 15) is 9.32 Å². The van der Waals surface area contributed by atoms with Crippen LogP contribution < -0.4 is 5.32 Å². The summed E-state index contributed by atoms with van der Waals surface area (Å²) in [5, 5.41) is 14.4. The van der Waals surface area contributed by atoms with Crippen LogP contribution in [0.5, 0.6) is 5.75 Å². The lowest BCUT2D eigenvalue weighted by atomic mass is 10.1. The topological polar surface area (TPSA) is 87.5 Å². The van der Waals surface area contributed by atoms with Gasteiger partial charge in [0, 0.05) is 38.7 Å². The Morgan fingerprint density at radius 1 is 1.20 bits per heavy atom. The molecule has 3 aromatic rings. The molecule has 0 aliphatic heterocycles. The first-order chi connectivity index (χ1) is 11.7. The standard InChI is InChI=1S/C17H17ClN4O2S/c1-10-6-12(22-25(2,3)24)8-14-16(10)17(20-9-19-14)21-13-5-4-11(18)7-15(13)23/h4-9,23H,1-3H3,(H,19,20,21). The number of benzene rings is 2. The minimum atomic E-state index is -2.26. The molecule has 0 unspecified atom stereocenters. The van der Waals surface area contributed by atoms with Crippen molar-refractivity contribution in [2.24, 2.45) is 4.36 Å². The summed E-state index contributed by atoms with van der Waals surface area (Å²) < 4.78 is 16.2. The lowest BCUT2D eigenvalue weighted by Gasteiger charge is -2.12. The van der Waals surface area contributed by atoms with Crippen LogP contribution in [0, 0.1) is 6.92 Å². The molecule has 1 aromatic heterocycles. The second kappa shape index (κ2) is 6.50. The number of rotatable bonds is 3. The fourth-order valence-corrected chi connectivity index (χ4v) is 3.29. The number of nitrogens with one attached hydrogen (secondary N) is 1. The zero-order chi connectivity index (χ0) is 18.2. The van der Waals surface area contributed by atoms with Gasteiger partial charge in [-0.2, -0.15) is 4.36 Å². The van der Waals surface area contributed by atoms with E-state index in [1.54, 1.807) is 30.7 Å². The van der Waals surface area contributed by atoms with Crippen LogP contribution in [-0.2, 0) is 9.73 Å². The largest absolute Gasteiger partial charge is 0.506 e. The van der Waals surface area contributed by atoms with Crippen molar-refractivity contribution >= 4 is 49.4 Å². The molecular formula is C17H17ClN4O2S. The Labute approximate surface area is 151 Å². The summed E-state index contributed by atoms with van der Waals surface area (Å²) in [6.45, 7) is 1.91. The van der Waals surface area contributed by atoms with Gasteiger partial charge in [-0.15, -0.1) is 0 Å². The van der Waals surface area contributed by atoms with Crippen LogP contribution in [0.15, 0.2) is 41.0 Å². The van der Waals surface area contributed by atoms with Gasteiger partial charge in [0.15, 0.2) is 0 Å². The van der Waals surface area contributed by atoms with Crippen molar-refractivity contribution in [1.29, 1.82) is 0 Å². The van der Waals surface area contributed by atoms with E-state index in [4.69, 9.17) is 11.6 Å². The van der Waals surface area contributed by atoms with Crippen LogP contribution >= 0.6 is 11.6 Å². The number of phenols is 1. The number of phenolic OH excluding ortho intramolecular Hbond substituents is 1. The third-order valence-electron chi connectivity index (χ3n) is 3.46. The molecule has 25 heavy (non-hydrogen) atoms. The van der Waals surface area contributed by atoms with E-state index in [-0.39, 0.29) is 5.75 Å². The molecule has 3 rings (SSSR count). The summed E-state index contributed by atoms with van der Waals surface area (Å²) in [6.07, 6.45) is 4.60. The Morgan fingerprint density at radius 2 is 1.96 bits per heavy atom. The zero-order valence-corrected chi connectivity index (χ0v) is 15.5. The predicted molar refractivity (Wildman–Crippen MR) is 103 cm³/mol. The van der Waals surface area contributed by atoms with Crippen molar-refractivity contribution in [1.82, 2.24) is 9.97 Å². The van der Waals surface area contributed by atoms with Crippen molar-refractivity contribution in [2.45, 2.75) is 6.92 Å². The quantitative estimate of drug-likeness (QED) is 0.661. The molecule has 2 N–H and O–H groups in total. The molecular weight excluding hydrogens is 360 g/mol. The highest BCUT2D eigenvalue weighted by Gasteiger charge is 2.11. The van der Waals surface area contributed by atoms with Crippen LogP contribution in [-0.4, -0.2) is 31.8 Å². The number of aromatic nitrogens is 2. The summed E-state index contributed by atoms with van der Waals surface area (Å²) >= 11 is 5.86. The maximum atomic E-state index is 11.9. The molecule has 1 heterocycles. The molecule has 130 valence electrons. The van der Waals surface area contributed by atoms with E-state index < -0.39 is 9.73 Å². The summed E-state index contributed by atoms with van der Waals surface area (Å²) in [4.78, 5) is 8.56. The minimum absolute atomic E-state index is 0.0280. The van der Waals surface area contributed by atoms with Gasteiger partial charge >= 0.3 is 0 Å². The van der Waals surface area contributed by atoms with Gasteiger partial charge in [-0.25, -0.2) is 14.2 Å². The monoisotopic (exact) mass is 376 g/mol. The summed E-state index contributed by atoms with van der Waals surface area (Å²) in [7, 11) is -2.26. The number of anilines is 2. The van der Waals surface area contributed by atoms with Crippen molar-refractivity contribution < 1.29 is 9.32 Å². The van der Waals surface area contributed by atoms with Crippen molar-refractivity contribution in [3.05, 3.63) is 47.2 Å². The highest BCUT2D eigenvalue weighted by Crippen LogP contribution is 2.33. The zero-order valence-electron chi connectivity index (χ0n) is 13.9. The number of hydrogen-bond donors (Lipinski definition) is 2. The molecule has 0 saturated heterocycles. The molecule has 0 fully saturated rings. The second-order valence-electron chi connectivity index (χ2n) is 5.94. The van der Waals surface area contributed by atoms with Gasteiger partial charge in [0.2, 0.25) is 0 Å². The fraction of sp³-hybridized carbons (Fsp3) is 0.176. The molecule has 0 aliphatic carbocycles. The summed E-state index contributed by atoms with van der Waals surface area (Å²) in [5.74, 6) is 0.584. The number of halogens is 1. The average molecular weight is 377 g/mol. The smallest absolute Gasteiger partial charge is 0.142 e. The first-order valence-corrected chi connectivity index (χ1v) is 10.1. The maximum Gasteiger partial charge on any atom is 0.142 e. The maximum absolute atomic E-state index is 11.9. The van der Waals surface area contributed by atoms with E-state index in [0.717, 1.165) is 10.9 Å². The van der Waals surface area contributed by atoms with Crippen LogP contribution in [0.2, 0.25) is 5.02 Å². The Morgan fingerprint density at radius 3 is 2.64 bits per heavy atom. The first-order valence-electron chi connectivity index (χ1n) is 7.41. The molecule has 0 bridgehead atoms. The van der Waals surface area contributed by atoms with Crippen molar-refractivity contribution in [3.63, 3.8) is 0 Å². The highest BCUT2D eigenvalue weighted by atomic mass is 35.5. The number of aryl methyl sites for hydroxylation is 1. The molecule has 0 atom stereocenters. The number of nitrogens with zero attached hydrogens (tertiary/aromatic N) is 3. The van der Waals surface area contributed by atoms with Crippen LogP contribution in [0.1, 0.15) is 5.56 Å². The van der Waals surface area contributed by atoms with Crippen molar-refractivity contribution in [3.8, 4) is 5.75 Å². The van der Waals surface area contributed by atoms with E-state index in [1.807, 2.05) is 13.0 Å². The van der Waals surface area contributed by atoms with Gasteiger partial charge in [-0.05, 0) is 36.8 Å². The Balaban J connectivity index is 2.12. The van der Waals surface area contributed by atoms with Gasteiger partial charge in [0.25, 0.3) is 0 Å². The molecule has 6 nitrogen and oxygen atoms in total. The third-order valence-corrected chi connectivity index (χ3v) is 4.34. The summed E-state index contributed by atoms with van der Waals surface area (Å²) in [6, 6.07) is 8.41. The second-order valence-corrected chi connectivity index (χ2v) is 8.92. The Kier molecular flexibility index (Phi) is 4.53. The molecule has 2 aromatic carbocycles. The van der Waals surface area contributed by atoms with Crippen LogP contribution in [0.25, 0.3) is 10.9 Å². The SMILES string of the molecule is Cc1cc(N=S(C)(C)=O)cc2ncnc(Nc3ccc(Cl)cc3O)c12. The Hall–Kier alpha value is -2.38. The molecule has 0 amide bonds. The number of hydrogen-bond acceptors (Lipinski definition) is 6. The third kappa shape index (κ3) is 4.00. The van der Waals surface area contributed by atoms with E-state index in [1.165, 1.54) is 12.4 Å². The average Bonchev–Trinajstić information content (AvgIpc) is 2.48. The lowest BCUT2D eigenvalue weighted by molar-refractivity contribution is 0.478. The van der Waals surface area contributed by atoms with E-state index >= 15 is 0 Å². The molecule has 0 radical (unpaired) electrons. The van der Waals surface area contributed by atoms with Gasteiger partial charge in [0.05, 0.1) is 16.9 Å². The number of aromatic hydroxyl groups is 1. The Bertz CT molecular complexity index is 1080. The first kappa shape index (κ1) is 17.4. The minimum Gasteiger partial charge on any atom is -0.506 e. The van der Waals surface area contributed by atoms with Crippen molar-refractivity contribution in [2.75, 3.05) is 17.8 Å². The van der Waals surface area contributed by atoms with Gasteiger partial charge in [-0.1, -0.05) is 11.6 Å². The molecule has 0 spiro atoms. The highest BCUT2D eigenvalue weighted by molar-refractivity contribution is 7.92. The van der Waals surface area contributed by atoms with Crippen LogP contribution in [0.3, 0.4) is 0 Å². The molecule has 0 saturated carbocycles. The normalized spacial score (nSPS) is 11.5. The van der Waals surface area contributed by atoms with E-state index in [2.05, 4.69) is 19.6 Å². The molecule has 0 aliphatic rings. The van der Waals surface area contributed by atoms with E-state index in [0.29, 0.717) is 27.7 Å². The van der Waals surface area contributed by atoms with Gasteiger partial charge < -0.3 is 10.4 Å². The number of fused-ring (bicyclic) bond motifs is 1. The lowest BCUT2D eigenvalue weighted by Crippen LogP contribution is -1.98. The van der Waals surface area contributed by atoms with Crippen LogP contribution in [0.4, 0.5) is 17.2 Å². The van der Waals surface area contributed by atoms with Gasteiger partial charge in [0.1, 0.15) is 17.9 Å². The van der Waals surface area contributed by atoms with Gasteiger partial charge in [-0.3, -0.25) is 0 Å².